The number of likely N-dealkylation sites (tertiary alicyclic amines) is 1. The van der Waals surface area contributed by atoms with Crippen molar-refractivity contribution in [2.45, 2.75) is 12.8 Å². The first-order valence-corrected chi connectivity index (χ1v) is 3.59. The van der Waals surface area contributed by atoms with Gasteiger partial charge in [0.25, 0.3) is 0 Å². The Balaban J connectivity index is 0. The maximum Gasteiger partial charge on any atom is 1.00 e. The first-order valence-electron chi connectivity index (χ1n) is 3.59. The van der Waals surface area contributed by atoms with E-state index in [1.807, 2.05) is 0 Å². The van der Waals surface area contributed by atoms with E-state index in [1.54, 1.807) is 7.11 Å². The molecule has 1 fully saturated rings. The van der Waals surface area contributed by atoms with Gasteiger partial charge in [-0.25, -0.2) is 0 Å². The molecule has 0 amide bonds. The molecule has 0 N–H and O–H groups in total. The van der Waals surface area contributed by atoms with Crippen LogP contribution in [0.5, 0.6) is 0 Å². The second-order valence-corrected chi connectivity index (χ2v) is 3.19. The SMILES string of the molecule is COC[N+]1(C)CCCC1.[H-].[Li+]. The quantitative estimate of drug-likeness (QED) is 0.315. The number of hydrogen-bond donors (Lipinski definition) is 0. The smallest absolute Gasteiger partial charge is 1.00 e. The molecule has 0 spiro atoms. The van der Waals surface area contributed by atoms with Crippen molar-refractivity contribution in [2.75, 3.05) is 34.0 Å². The van der Waals surface area contributed by atoms with Gasteiger partial charge in [-0.3, -0.25) is 0 Å². The van der Waals surface area contributed by atoms with Gasteiger partial charge in [-0.15, -0.1) is 0 Å². The first-order chi connectivity index (χ1) is 4.27. The van der Waals surface area contributed by atoms with Crippen LogP contribution in [0.15, 0.2) is 0 Å². The third-order valence-corrected chi connectivity index (χ3v) is 2.09. The van der Waals surface area contributed by atoms with E-state index in [0.717, 1.165) is 11.2 Å². The van der Waals surface area contributed by atoms with Crippen molar-refractivity contribution in [3.63, 3.8) is 0 Å². The van der Waals surface area contributed by atoms with Gasteiger partial charge in [-0.2, -0.15) is 0 Å². The summed E-state index contributed by atoms with van der Waals surface area (Å²) in [5.41, 5.74) is 0. The molecule has 0 atom stereocenters. The summed E-state index contributed by atoms with van der Waals surface area (Å²) < 4.78 is 6.22. The Morgan fingerprint density at radius 3 is 2.30 bits per heavy atom. The molecule has 56 valence electrons. The normalized spacial score (nSPS) is 22.2. The van der Waals surface area contributed by atoms with Crippen LogP contribution in [0.1, 0.15) is 14.3 Å². The Labute approximate surface area is 76.8 Å². The number of quaternary nitrogens is 1. The van der Waals surface area contributed by atoms with E-state index in [9.17, 15) is 0 Å². The molecule has 2 nitrogen and oxygen atoms in total. The van der Waals surface area contributed by atoms with E-state index < -0.39 is 0 Å². The summed E-state index contributed by atoms with van der Waals surface area (Å²) in [4.78, 5) is 0. The van der Waals surface area contributed by atoms with Gasteiger partial charge in [0.1, 0.15) is 0 Å². The number of hydrogen-bond acceptors (Lipinski definition) is 1. The van der Waals surface area contributed by atoms with E-state index in [0.29, 0.717) is 0 Å². The maximum absolute atomic E-state index is 5.10. The predicted molar refractivity (Wildman–Crippen MR) is 38.1 cm³/mol. The molecule has 1 heterocycles. The van der Waals surface area contributed by atoms with Crippen molar-refractivity contribution >= 4 is 0 Å². The Bertz CT molecular complexity index is 96.4. The van der Waals surface area contributed by atoms with Crippen LogP contribution in [0.4, 0.5) is 0 Å². The van der Waals surface area contributed by atoms with Crippen molar-refractivity contribution < 1.29 is 29.5 Å². The van der Waals surface area contributed by atoms with E-state index in [1.165, 1.54) is 25.9 Å². The van der Waals surface area contributed by atoms with Gasteiger partial charge in [0.2, 0.25) is 0 Å². The molecule has 0 aromatic carbocycles. The fourth-order valence-electron chi connectivity index (χ4n) is 1.54. The Hall–Kier alpha value is 0.517. The van der Waals surface area contributed by atoms with Crippen molar-refractivity contribution in [1.29, 1.82) is 0 Å². The molecule has 1 aliphatic rings. The van der Waals surface area contributed by atoms with Crippen LogP contribution in [0.25, 0.3) is 0 Å². The molecule has 0 saturated carbocycles. The number of methoxy groups -OCH3 is 1. The second-order valence-electron chi connectivity index (χ2n) is 3.19. The summed E-state index contributed by atoms with van der Waals surface area (Å²) in [6.07, 6.45) is 2.75. The van der Waals surface area contributed by atoms with Crippen molar-refractivity contribution in [2.24, 2.45) is 0 Å². The molecule has 10 heavy (non-hydrogen) atoms. The molecule has 0 aromatic rings. The third kappa shape index (κ3) is 2.63. The van der Waals surface area contributed by atoms with Crippen LogP contribution in [0.3, 0.4) is 0 Å². The fourth-order valence-corrected chi connectivity index (χ4v) is 1.54. The topological polar surface area (TPSA) is 9.23 Å². The van der Waals surface area contributed by atoms with Crippen LogP contribution >= 0.6 is 0 Å². The monoisotopic (exact) mass is 138 g/mol. The Kier molecular flexibility index (Phi) is 4.63. The molecule has 0 aromatic heterocycles. The molecule has 1 aliphatic heterocycles. The zero-order valence-corrected chi connectivity index (χ0v) is 7.39. The van der Waals surface area contributed by atoms with Gasteiger partial charge < -0.3 is 10.6 Å². The summed E-state index contributed by atoms with van der Waals surface area (Å²) in [6, 6.07) is 0. The van der Waals surface area contributed by atoms with Crippen LogP contribution in [0, 0.1) is 0 Å². The third-order valence-electron chi connectivity index (χ3n) is 2.09. The zero-order valence-electron chi connectivity index (χ0n) is 8.39. The summed E-state index contributed by atoms with van der Waals surface area (Å²) in [5, 5.41) is 0. The van der Waals surface area contributed by atoms with Gasteiger partial charge in [0, 0.05) is 20.0 Å². The van der Waals surface area contributed by atoms with Gasteiger partial charge in [-0.05, 0) is 0 Å². The van der Waals surface area contributed by atoms with Crippen LogP contribution in [-0.4, -0.2) is 38.5 Å². The van der Waals surface area contributed by atoms with Crippen molar-refractivity contribution in [3.05, 3.63) is 0 Å². The van der Waals surface area contributed by atoms with E-state index in [-0.39, 0.29) is 20.3 Å². The second kappa shape index (κ2) is 4.41. The van der Waals surface area contributed by atoms with Crippen molar-refractivity contribution in [1.82, 2.24) is 0 Å². The summed E-state index contributed by atoms with van der Waals surface area (Å²) in [7, 11) is 4.04. The maximum atomic E-state index is 5.10. The van der Waals surface area contributed by atoms with Gasteiger partial charge in [0.15, 0.2) is 6.73 Å². The molecular formula is C7H17LiNO+. The van der Waals surface area contributed by atoms with Gasteiger partial charge in [0.05, 0.1) is 20.1 Å². The molecular weight excluding hydrogens is 121 g/mol. The van der Waals surface area contributed by atoms with E-state index in [2.05, 4.69) is 7.05 Å². The van der Waals surface area contributed by atoms with Gasteiger partial charge >= 0.3 is 18.9 Å². The number of ether oxygens (including phenoxy) is 1. The van der Waals surface area contributed by atoms with Crippen LogP contribution in [-0.2, 0) is 4.74 Å². The minimum atomic E-state index is 0. The first kappa shape index (κ1) is 10.5. The van der Waals surface area contributed by atoms with Gasteiger partial charge in [-0.1, -0.05) is 0 Å². The average Bonchev–Trinajstić information content (AvgIpc) is 2.16. The number of rotatable bonds is 2. The molecule has 1 rings (SSSR count). The average molecular weight is 138 g/mol. The molecule has 0 bridgehead atoms. The van der Waals surface area contributed by atoms with E-state index >= 15 is 0 Å². The van der Waals surface area contributed by atoms with E-state index in [4.69, 9.17) is 4.74 Å². The minimum Gasteiger partial charge on any atom is -1.00 e. The largest absolute Gasteiger partial charge is 1.00 e. The molecule has 0 radical (unpaired) electrons. The summed E-state index contributed by atoms with van der Waals surface area (Å²) in [5.74, 6) is 0. The van der Waals surface area contributed by atoms with Crippen LogP contribution in [0.2, 0.25) is 0 Å². The summed E-state index contributed by atoms with van der Waals surface area (Å²) >= 11 is 0. The molecule has 0 aliphatic carbocycles. The minimum absolute atomic E-state index is 0. The predicted octanol–water partition coefficient (Wildman–Crippen LogP) is -2.05. The van der Waals surface area contributed by atoms with Crippen molar-refractivity contribution in [3.8, 4) is 0 Å². The molecule has 0 unspecified atom stereocenters. The zero-order chi connectivity index (χ0) is 6.74. The summed E-state index contributed by atoms with van der Waals surface area (Å²) in [6.45, 7) is 3.49. The molecule has 3 heteroatoms. The standard InChI is InChI=1S/C7H16NO.Li.H/c1-8(7-9-2)5-3-4-6-8;;/h3-7H2,1-2H3;;/q2*+1;-1. The Morgan fingerprint density at radius 2 is 1.90 bits per heavy atom. The number of nitrogens with zero attached hydrogens (tertiary/aromatic N) is 1. The van der Waals surface area contributed by atoms with Crippen LogP contribution < -0.4 is 18.9 Å². The molecule has 1 saturated heterocycles. The Morgan fingerprint density at radius 1 is 1.40 bits per heavy atom. The fraction of sp³-hybridized carbons (Fsp3) is 1.00.